The highest BCUT2D eigenvalue weighted by atomic mass is 35.5. The number of amides is 1. The maximum Gasteiger partial charge on any atom is 0.253 e. The van der Waals surface area contributed by atoms with Crippen LogP contribution in [0.2, 0.25) is 5.02 Å². The smallest absolute Gasteiger partial charge is 0.253 e. The fourth-order valence-corrected chi connectivity index (χ4v) is 2.66. The normalized spacial score (nSPS) is 19.8. The van der Waals surface area contributed by atoms with Crippen molar-refractivity contribution in [2.45, 2.75) is 12.5 Å². The molecule has 1 amide bonds. The average molecular weight is 256 g/mol. The molecule has 1 saturated heterocycles. The summed E-state index contributed by atoms with van der Waals surface area (Å²) in [5.41, 5.74) is 0.411. The summed E-state index contributed by atoms with van der Waals surface area (Å²) in [5.74, 6) is 0.484. The highest BCUT2D eigenvalue weighted by molar-refractivity contribution is 8.14. The Morgan fingerprint density at radius 3 is 2.81 bits per heavy atom. The first-order valence-electron chi connectivity index (χ1n) is 4.90. The minimum atomic E-state index is -0.367. The van der Waals surface area contributed by atoms with Crippen molar-refractivity contribution in [1.82, 2.24) is 5.32 Å². The summed E-state index contributed by atoms with van der Waals surface area (Å²) in [6, 6.07) is 6.43. The third-order valence-corrected chi connectivity index (χ3v) is 3.70. The average Bonchev–Trinajstić information content (AvgIpc) is 2.65. The van der Waals surface area contributed by atoms with E-state index in [1.165, 1.54) is 11.8 Å². The molecule has 0 spiro atoms. The zero-order chi connectivity index (χ0) is 11.5. The van der Waals surface area contributed by atoms with Crippen molar-refractivity contribution in [1.29, 1.82) is 0 Å². The summed E-state index contributed by atoms with van der Waals surface area (Å²) in [5, 5.41) is 3.12. The van der Waals surface area contributed by atoms with Gasteiger partial charge in [-0.05, 0) is 18.6 Å². The molecular formula is C11H10ClNO2S. The van der Waals surface area contributed by atoms with Crippen molar-refractivity contribution in [3.63, 3.8) is 0 Å². The molecule has 1 aliphatic rings. The maximum absolute atomic E-state index is 11.8. The fourth-order valence-electron chi connectivity index (χ4n) is 1.51. The van der Waals surface area contributed by atoms with Gasteiger partial charge in [-0.25, -0.2) is 0 Å². The highest BCUT2D eigenvalue weighted by Crippen LogP contribution is 2.21. The van der Waals surface area contributed by atoms with Crippen LogP contribution < -0.4 is 5.32 Å². The molecule has 1 atom stereocenters. The zero-order valence-electron chi connectivity index (χ0n) is 8.40. The van der Waals surface area contributed by atoms with E-state index >= 15 is 0 Å². The summed E-state index contributed by atoms with van der Waals surface area (Å²) in [6.07, 6.45) is 0.694. The third kappa shape index (κ3) is 2.39. The second kappa shape index (κ2) is 4.89. The Bertz CT molecular complexity index is 436. The Balaban J connectivity index is 2.09. The van der Waals surface area contributed by atoms with Crippen LogP contribution in [0.4, 0.5) is 0 Å². The number of benzene rings is 1. The summed E-state index contributed by atoms with van der Waals surface area (Å²) in [7, 11) is 0. The molecule has 5 heteroatoms. The summed E-state index contributed by atoms with van der Waals surface area (Å²) in [6.45, 7) is 0. The van der Waals surface area contributed by atoms with E-state index in [-0.39, 0.29) is 17.1 Å². The fraction of sp³-hybridized carbons (Fsp3) is 0.273. The molecule has 0 saturated carbocycles. The molecule has 1 heterocycles. The van der Waals surface area contributed by atoms with Crippen LogP contribution in [0.1, 0.15) is 16.8 Å². The van der Waals surface area contributed by atoms with Gasteiger partial charge in [0.2, 0.25) is 5.12 Å². The van der Waals surface area contributed by atoms with Crippen molar-refractivity contribution in [3.05, 3.63) is 34.9 Å². The number of rotatable bonds is 2. The molecule has 0 radical (unpaired) electrons. The third-order valence-electron chi connectivity index (χ3n) is 2.36. The van der Waals surface area contributed by atoms with E-state index in [9.17, 15) is 9.59 Å². The van der Waals surface area contributed by atoms with E-state index in [4.69, 9.17) is 11.6 Å². The van der Waals surface area contributed by atoms with Gasteiger partial charge in [0, 0.05) is 5.75 Å². The SMILES string of the molecule is O=C(N[C@@H]1CCSC1=O)c1ccccc1Cl. The first kappa shape index (κ1) is 11.5. The molecule has 0 aromatic heterocycles. The number of hydrogen-bond donors (Lipinski definition) is 1. The first-order valence-corrected chi connectivity index (χ1v) is 6.27. The number of carbonyl (C=O) groups is 2. The zero-order valence-corrected chi connectivity index (χ0v) is 9.98. The Morgan fingerprint density at radius 2 is 2.19 bits per heavy atom. The molecule has 1 aliphatic heterocycles. The van der Waals surface area contributed by atoms with Gasteiger partial charge in [0.1, 0.15) is 0 Å². The summed E-state index contributed by atoms with van der Waals surface area (Å²) < 4.78 is 0. The quantitative estimate of drug-likeness (QED) is 0.880. The minimum Gasteiger partial charge on any atom is -0.341 e. The van der Waals surface area contributed by atoms with Crippen LogP contribution in [0, 0.1) is 0 Å². The molecule has 1 aromatic carbocycles. The lowest BCUT2D eigenvalue weighted by molar-refractivity contribution is -0.112. The van der Waals surface area contributed by atoms with Gasteiger partial charge >= 0.3 is 0 Å². The molecule has 0 unspecified atom stereocenters. The van der Waals surface area contributed by atoms with Crippen LogP contribution in [0.3, 0.4) is 0 Å². The van der Waals surface area contributed by atoms with Crippen LogP contribution in [0.15, 0.2) is 24.3 Å². The molecule has 1 fully saturated rings. The van der Waals surface area contributed by atoms with Crippen LogP contribution in [-0.4, -0.2) is 22.8 Å². The van der Waals surface area contributed by atoms with Crippen molar-refractivity contribution >= 4 is 34.4 Å². The first-order chi connectivity index (χ1) is 7.68. The molecule has 1 aromatic rings. The molecule has 1 N–H and O–H groups in total. The van der Waals surface area contributed by atoms with E-state index < -0.39 is 0 Å². The van der Waals surface area contributed by atoms with Crippen molar-refractivity contribution in [2.75, 3.05) is 5.75 Å². The van der Waals surface area contributed by atoms with E-state index in [0.29, 0.717) is 17.0 Å². The number of carbonyl (C=O) groups excluding carboxylic acids is 2. The standard InChI is InChI=1S/C11H10ClNO2S/c12-8-4-2-1-3-7(8)10(14)13-9-5-6-16-11(9)15/h1-4,9H,5-6H2,(H,13,14)/t9-/m1/s1. The minimum absolute atomic E-state index is 0.0282. The van der Waals surface area contributed by atoms with Gasteiger partial charge in [-0.3, -0.25) is 9.59 Å². The lowest BCUT2D eigenvalue weighted by Gasteiger charge is -2.10. The molecular weight excluding hydrogens is 246 g/mol. The van der Waals surface area contributed by atoms with E-state index in [1.54, 1.807) is 24.3 Å². The van der Waals surface area contributed by atoms with Crippen molar-refractivity contribution < 1.29 is 9.59 Å². The van der Waals surface area contributed by atoms with Gasteiger partial charge in [0.05, 0.1) is 16.6 Å². The Morgan fingerprint density at radius 1 is 1.44 bits per heavy atom. The number of hydrogen-bond acceptors (Lipinski definition) is 3. The number of nitrogens with one attached hydrogen (secondary N) is 1. The topological polar surface area (TPSA) is 46.2 Å². The monoisotopic (exact) mass is 255 g/mol. The Kier molecular flexibility index (Phi) is 3.51. The van der Waals surface area contributed by atoms with Gasteiger partial charge in [-0.15, -0.1) is 0 Å². The van der Waals surface area contributed by atoms with E-state index in [0.717, 1.165) is 5.75 Å². The van der Waals surface area contributed by atoms with Gasteiger partial charge < -0.3 is 5.32 Å². The predicted molar refractivity (Wildman–Crippen MR) is 64.8 cm³/mol. The van der Waals surface area contributed by atoms with Crippen LogP contribution in [-0.2, 0) is 4.79 Å². The second-order valence-corrected chi connectivity index (χ2v) is 4.97. The van der Waals surface area contributed by atoms with Crippen LogP contribution in [0.25, 0.3) is 0 Å². The molecule has 3 nitrogen and oxygen atoms in total. The van der Waals surface area contributed by atoms with E-state index in [1.807, 2.05) is 0 Å². The summed E-state index contributed by atoms with van der Waals surface area (Å²) in [4.78, 5) is 23.2. The maximum atomic E-state index is 11.8. The Labute approximate surface area is 103 Å². The van der Waals surface area contributed by atoms with Crippen molar-refractivity contribution in [3.8, 4) is 0 Å². The predicted octanol–water partition coefficient (Wildman–Crippen LogP) is 2.10. The van der Waals surface area contributed by atoms with Gasteiger partial charge in [0.15, 0.2) is 0 Å². The molecule has 84 valence electrons. The van der Waals surface area contributed by atoms with Crippen molar-refractivity contribution in [2.24, 2.45) is 0 Å². The molecule has 0 aliphatic carbocycles. The lowest BCUT2D eigenvalue weighted by Crippen LogP contribution is -2.37. The molecule has 16 heavy (non-hydrogen) atoms. The number of halogens is 1. The molecule has 2 rings (SSSR count). The van der Waals surface area contributed by atoms with Crippen LogP contribution in [0.5, 0.6) is 0 Å². The molecule has 0 bridgehead atoms. The van der Waals surface area contributed by atoms with Gasteiger partial charge in [-0.2, -0.15) is 0 Å². The van der Waals surface area contributed by atoms with E-state index in [2.05, 4.69) is 5.32 Å². The second-order valence-electron chi connectivity index (χ2n) is 3.46. The number of thioether (sulfide) groups is 1. The van der Waals surface area contributed by atoms with Crippen LogP contribution >= 0.6 is 23.4 Å². The Hall–Kier alpha value is -1.00. The summed E-state index contributed by atoms with van der Waals surface area (Å²) >= 11 is 7.15. The highest BCUT2D eigenvalue weighted by Gasteiger charge is 2.27. The van der Waals surface area contributed by atoms with Gasteiger partial charge in [-0.1, -0.05) is 35.5 Å². The lowest BCUT2D eigenvalue weighted by atomic mass is 10.2. The van der Waals surface area contributed by atoms with Gasteiger partial charge in [0.25, 0.3) is 5.91 Å². The largest absolute Gasteiger partial charge is 0.341 e.